The second-order valence-electron chi connectivity index (χ2n) is 6.48. The molecule has 0 spiro atoms. The molecule has 2 aromatic rings. The molecule has 0 amide bonds. The van der Waals surface area contributed by atoms with Gasteiger partial charge < -0.3 is 14.2 Å². The number of hydrogen-bond acceptors (Lipinski definition) is 7. The van der Waals surface area contributed by atoms with Crippen molar-refractivity contribution < 1.29 is 65.4 Å². The molecule has 8 nitrogen and oxygen atoms in total. The fourth-order valence-electron chi connectivity index (χ4n) is 2.24. The van der Waals surface area contributed by atoms with E-state index in [1.807, 2.05) is 0 Å². The van der Waals surface area contributed by atoms with Gasteiger partial charge >= 0.3 is 35.5 Å². The van der Waals surface area contributed by atoms with Crippen LogP contribution in [0.4, 0.5) is 0 Å². The maximum atomic E-state index is 10.3. The normalized spacial score (nSPS) is 10.5. The molecule has 0 aliphatic heterocycles. The Labute approximate surface area is 212 Å². The molecule has 0 saturated carbocycles. The third-order valence-corrected chi connectivity index (χ3v) is 5.52. The molecule has 174 valence electrons. The van der Waals surface area contributed by atoms with Gasteiger partial charge in [-0.25, -0.2) is 16.8 Å². The minimum absolute atomic E-state index is 0. The van der Waals surface area contributed by atoms with E-state index in [9.17, 15) is 30.7 Å². The van der Waals surface area contributed by atoms with Crippen LogP contribution in [0.2, 0.25) is 0 Å². The van der Waals surface area contributed by atoms with Gasteiger partial charge in [0, 0.05) is 4.79 Å². The van der Waals surface area contributed by atoms with Crippen molar-refractivity contribution >= 4 is 26.2 Å². The Morgan fingerprint density at radius 1 is 0.719 bits per heavy atom. The van der Waals surface area contributed by atoms with E-state index in [0.717, 1.165) is 12.8 Å². The van der Waals surface area contributed by atoms with E-state index in [4.69, 9.17) is 5.11 Å². The number of hydrogen-bond donors (Lipinski definition) is 0. The van der Waals surface area contributed by atoms with E-state index in [-0.39, 0.29) is 39.3 Å². The number of carbonyl (C=O) groups excluding carboxylic acids is 1. The van der Waals surface area contributed by atoms with Crippen molar-refractivity contribution in [3.8, 4) is 0 Å². The molecule has 0 radical (unpaired) electrons. The Kier molecular flexibility index (Phi) is 18.7. The van der Waals surface area contributed by atoms with Gasteiger partial charge in [0.1, 0.15) is 26.7 Å². The molecule has 0 heterocycles. The first-order valence-electron chi connectivity index (χ1n) is 9.74. The molecule has 0 saturated heterocycles. The quantitative estimate of drug-likeness (QED) is 0.207. The summed E-state index contributed by atoms with van der Waals surface area (Å²) in [7, 11) is -8.51. The van der Waals surface area contributed by atoms with Gasteiger partial charge in [-0.15, -0.1) is 0 Å². The maximum absolute atomic E-state index is 10.3. The van der Waals surface area contributed by atoms with Crippen LogP contribution < -0.4 is 29.6 Å². The first-order valence-corrected chi connectivity index (χ1v) is 12.6. The molecule has 0 fully saturated rings. The van der Waals surface area contributed by atoms with Gasteiger partial charge in [0.2, 0.25) is 0 Å². The van der Waals surface area contributed by atoms with Crippen molar-refractivity contribution in [3.05, 3.63) is 60.7 Å². The molecule has 2 N–H and O–H groups in total. The van der Waals surface area contributed by atoms with Crippen molar-refractivity contribution in [2.45, 2.75) is 61.7 Å². The molecular formula is C21H29NaO8S2. The predicted molar refractivity (Wildman–Crippen MR) is 115 cm³/mol. The van der Waals surface area contributed by atoms with Crippen LogP contribution in [0.25, 0.3) is 0 Å². The van der Waals surface area contributed by atoms with Gasteiger partial charge in [-0.1, -0.05) is 75.4 Å². The van der Waals surface area contributed by atoms with Crippen LogP contribution in [0.15, 0.2) is 70.5 Å². The minimum atomic E-state index is -4.25. The van der Waals surface area contributed by atoms with Crippen LogP contribution in [0.5, 0.6) is 0 Å². The summed E-state index contributed by atoms with van der Waals surface area (Å²) in [5.74, 6) is -0.416. The first-order chi connectivity index (χ1) is 14.5. The van der Waals surface area contributed by atoms with Gasteiger partial charge in [0.05, 0.1) is 9.79 Å². The molecule has 2 aromatic carbocycles. The van der Waals surface area contributed by atoms with Crippen molar-refractivity contribution in [3.63, 3.8) is 0 Å². The van der Waals surface area contributed by atoms with Crippen LogP contribution in [0, 0.1) is 0 Å². The molecule has 32 heavy (non-hydrogen) atoms. The number of rotatable bonds is 9. The average molecular weight is 497 g/mol. The second kappa shape index (κ2) is 18.2. The van der Waals surface area contributed by atoms with Crippen molar-refractivity contribution in [1.29, 1.82) is 0 Å². The Hall–Kier alpha value is -1.27. The second-order valence-corrected chi connectivity index (χ2v) is 9.23. The van der Waals surface area contributed by atoms with E-state index in [1.54, 1.807) is 12.1 Å². The van der Waals surface area contributed by atoms with E-state index >= 15 is 0 Å². The fraction of sp³-hybridized carbons (Fsp3) is 0.381. The molecule has 0 bridgehead atoms. The van der Waals surface area contributed by atoms with Crippen LogP contribution >= 0.6 is 0 Å². The largest absolute Gasteiger partial charge is 1.00 e. The summed E-state index contributed by atoms with van der Waals surface area (Å²) in [5.41, 5.74) is 0. The minimum Gasteiger partial charge on any atom is -0.744 e. The molecule has 0 aliphatic carbocycles. The zero-order chi connectivity index (χ0) is 23.8. The van der Waals surface area contributed by atoms with Crippen molar-refractivity contribution in [2.24, 2.45) is 0 Å². The average Bonchev–Trinajstić information content (AvgIpc) is 2.71. The Balaban J connectivity index is 0. The first kappa shape index (κ1) is 32.9. The maximum Gasteiger partial charge on any atom is 1.00 e. The van der Waals surface area contributed by atoms with Gasteiger partial charge in [-0.05, 0) is 30.7 Å². The zero-order valence-electron chi connectivity index (χ0n) is 18.4. The van der Waals surface area contributed by atoms with Gasteiger partial charge in [-0.3, -0.25) is 0 Å². The third kappa shape index (κ3) is 18.3. The summed E-state index contributed by atoms with van der Waals surface area (Å²) in [5, 5.41) is 6.66. The van der Waals surface area contributed by atoms with Gasteiger partial charge in [-0.2, -0.15) is 0 Å². The van der Waals surface area contributed by atoms with Crippen LogP contribution in [-0.2, 0) is 25.0 Å². The summed E-state index contributed by atoms with van der Waals surface area (Å²) < 4.78 is 61.7. The van der Waals surface area contributed by atoms with Crippen molar-refractivity contribution in [1.82, 2.24) is 0 Å². The number of benzene rings is 2. The van der Waals surface area contributed by atoms with E-state index in [2.05, 4.69) is 6.92 Å². The van der Waals surface area contributed by atoms with E-state index < -0.39 is 26.2 Å². The smallest absolute Gasteiger partial charge is 0.744 e. The SMILES string of the molecule is CCCCCCCCC(=O)[OH2+].O=S(=O)([O-])c1ccccc1.O=S(=O)([O-])c1ccccc1.[Na+]. The monoisotopic (exact) mass is 496 g/mol. The molecular weight excluding hydrogens is 467 g/mol. The summed E-state index contributed by atoms with van der Waals surface area (Å²) in [6.07, 6.45) is 7.54. The third-order valence-electron chi connectivity index (χ3n) is 3.82. The number of unbranched alkanes of at least 4 members (excludes halogenated alkanes) is 5. The van der Waals surface area contributed by atoms with Crippen molar-refractivity contribution in [2.75, 3.05) is 0 Å². The van der Waals surface area contributed by atoms with E-state index in [1.165, 1.54) is 74.2 Å². The van der Waals surface area contributed by atoms with Crippen LogP contribution in [-0.4, -0.2) is 37.0 Å². The summed E-state index contributed by atoms with van der Waals surface area (Å²) in [6.45, 7) is 2.19. The topological polar surface area (TPSA) is 154 Å². The Morgan fingerprint density at radius 2 is 1.06 bits per heavy atom. The molecule has 0 aliphatic rings. The molecule has 0 aromatic heterocycles. The zero-order valence-corrected chi connectivity index (χ0v) is 22.0. The van der Waals surface area contributed by atoms with Gasteiger partial charge in [0.25, 0.3) is 0 Å². The summed E-state index contributed by atoms with van der Waals surface area (Å²) in [6, 6.07) is 14.4. The van der Waals surface area contributed by atoms with E-state index in [0.29, 0.717) is 6.42 Å². The molecule has 0 atom stereocenters. The number of carbonyl (C=O) groups is 1. The van der Waals surface area contributed by atoms with Crippen LogP contribution in [0.1, 0.15) is 51.9 Å². The van der Waals surface area contributed by atoms with Gasteiger partial charge in [0.15, 0.2) is 0 Å². The molecule has 2 rings (SSSR count). The summed E-state index contributed by atoms with van der Waals surface area (Å²) >= 11 is 0. The Morgan fingerprint density at radius 3 is 1.34 bits per heavy atom. The summed E-state index contributed by atoms with van der Waals surface area (Å²) in [4.78, 5) is 9.83. The Bertz CT molecular complexity index is 880. The standard InChI is InChI=1S/C9H18O2.2C6H6O3S.Na/c1-2-3-4-5-6-7-8-9(10)11;2*7-10(8,9)6-4-2-1-3-5-6;/h2-8H2,1H3,(H,10,11);2*1-5H,(H,7,8,9);/q;;;+1/p-1. The van der Waals surface area contributed by atoms with Crippen LogP contribution in [0.3, 0.4) is 0 Å². The predicted octanol–water partition coefficient (Wildman–Crippen LogP) is 0.174. The fourth-order valence-corrected chi connectivity index (χ4v) is 3.22. The molecule has 0 unspecified atom stereocenters. The molecule has 11 heteroatoms.